The maximum Gasteiger partial charge on any atom is 0.0617 e. The molecule has 0 unspecified atom stereocenters. The second-order valence-corrected chi connectivity index (χ2v) is 7.55. The van der Waals surface area contributed by atoms with Crippen molar-refractivity contribution in [1.82, 2.24) is 0 Å². The maximum atomic E-state index is 10.5. The molecule has 2 rings (SSSR count). The van der Waals surface area contributed by atoms with E-state index in [2.05, 4.69) is 32.1 Å². The van der Waals surface area contributed by atoms with Crippen LogP contribution in [0.15, 0.2) is 23.8 Å². The van der Waals surface area contributed by atoms with Crippen LogP contribution in [0.25, 0.3) is 0 Å². The van der Waals surface area contributed by atoms with Gasteiger partial charge in [0.1, 0.15) is 0 Å². The van der Waals surface area contributed by atoms with Gasteiger partial charge >= 0.3 is 0 Å². The minimum Gasteiger partial charge on any atom is -0.550 e. The van der Waals surface area contributed by atoms with Crippen molar-refractivity contribution in [3.05, 3.63) is 23.8 Å². The average Bonchev–Trinajstić information content (AvgIpc) is 2.45. The zero-order valence-corrected chi connectivity index (χ0v) is 14.5. The number of carbonyl (C=O) groups excluding carboxylic acids is 1. The third-order valence-electron chi connectivity index (χ3n) is 5.40. The molecule has 3 N–H and O–H groups in total. The van der Waals surface area contributed by atoms with Crippen LogP contribution >= 0.6 is 0 Å². The number of hydrogen-bond acceptors (Lipinski definition) is 5. The van der Waals surface area contributed by atoms with E-state index in [4.69, 9.17) is 0 Å². The molecule has 0 aromatic heterocycles. The normalized spacial score (nSPS) is 35.0. The molecule has 2 aliphatic carbocycles. The van der Waals surface area contributed by atoms with Gasteiger partial charge in [0.2, 0.25) is 0 Å². The molecule has 24 heavy (non-hydrogen) atoms. The van der Waals surface area contributed by atoms with Crippen molar-refractivity contribution in [2.45, 2.75) is 64.3 Å². The van der Waals surface area contributed by atoms with Gasteiger partial charge in [0.15, 0.2) is 0 Å². The monoisotopic (exact) mass is 337 g/mol. The summed E-state index contributed by atoms with van der Waals surface area (Å²) in [6.07, 6.45) is 5.89. The second-order valence-electron chi connectivity index (χ2n) is 7.55. The van der Waals surface area contributed by atoms with Gasteiger partial charge in [-0.3, -0.25) is 0 Å². The van der Waals surface area contributed by atoms with Gasteiger partial charge in [-0.15, -0.1) is 0 Å². The molecule has 0 radical (unpaired) electrons. The number of rotatable bonds is 7. The Morgan fingerprint density at radius 3 is 2.71 bits per heavy atom. The fourth-order valence-corrected chi connectivity index (χ4v) is 4.22. The lowest BCUT2D eigenvalue weighted by atomic mass is 9.65. The molecule has 0 saturated carbocycles. The minimum atomic E-state index is -1.31. The van der Waals surface area contributed by atoms with Crippen molar-refractivity contribution in [3.8, 4) is 0 Å². The highest BCUT2D eigenvalue weighted by Gasteiger charge is 2.38. The van der Waals surface area contributed by atoms with Gasteiger partial charge in [-0.05, 0) is 49.0 Å². The highest BCUT2D eigenvalue weighted by atomic mass is 16.4. The Morgan fingerprint density at radius 2 is 2.04 bits per heavy atom. The first-order valence-electron chi connectivity index (χ1n) is 8.91. The number of carboxylic acids is 1. The van der Waals surface area contributed by atoms with Gasteiger partial charge in [-0.1, -0.05) is 32.1 Å². The Labute approximate surface area is 143 Å². The number of aliphatic carboxylic acids is 1. The molecule has 7 atom stereocenters. The van der Waals surface area contributed by atoms with E-state index in [9.17, 15) is 25.2 Å². The molecule has 0 amide bonds. The first-order valence-corrected chi connectivity index (χ1v) is 8.91. The quantitative estimate of drug-likeness (QED) is 0.637. The summed E-state index contributed by atoms with van der Waals surface area (Å²) in [5, 5.41) is 40.7. The molecule has 0 fully saturated rings. The summed E-state index contributed by atoms with van der Waals surface area (Å²) >= 11 is 0. The highest BCUT2D eigenvalue weighted by molar-refractivity contribution is 5.64. The molecular formula is C19H29O5-. The van der Waals surface area contributed by atoms with Crippen LogP contribution in [0.3, 0.4) is 0 Å². The van der Waals surface area contributed by atoms with E-state index < -0.39 is 24.6 Å². The summed E-state index contributed by atoms with van der Waals surface area (Å²) < 4.78 is 0. The van der Waals surface area contributed by atoms with E-state index in [1.165, 1.54) is 5.57 Å². The lowest BCUT2D eigenvalue weighted by Gasteiger charge is -2.41. The predicted molar refractivity (Wildman–Crippen MR) is 88.6 cm³/mol. The van der Waals surface area contributed by atoms with E-state index in [0.717, 1.165) is 12.8 Å². The fraction of sp³-hybridized carbons (Fsp3) is 0.737. The molecule has 0 aliphatic heterocycles. The number of fused-ring (bicyclic) bond motifs is 1. The van der Waals surface area contributed by atoms with Gasteiger partial charge in [0, 0.05) is 18.3 Å². The number of carbonyl (C=O) groups is 1. The van der Waals surface area contributed by atoms with E-state index in [1.807, 2.05) is 0 Å². The first-order chi connectivity index (χ1) is 11.3. The second kappa shape index (κ2) is 8.28. The van der Waals surface area contributed by atoms with Crippen LogP contribution in [0.2, 0.25) is 0 Å². The average molecular weight is 337 g/mol. The molecule has 2 aliphatic rings. The molecule has 0 bridgehead atoms. The third-order valence-corrected chi connectivity index (χ3v) is 5.40. The molecule has 0 aromatic carbocycles. The predicted octanol–water partition coefficient (Wildman–Crippen LogP) is 0.784. The zero-order chi connectivity index (χ0) is 17.9. The van der Waals surface area contributed by atoms with Crippen molar-refractivity contribution in [3.63, 3.8) is 0 Å². The van der Waals surface area contributed by atoms with E-state index in [-0.39, 0.29) is 24.4 Å². The molecule has 5 nitrogen and oxygen atoms in total. The lowest BCUT2D eigenvalue weighted by Crippen LogP contribution is -2.38. The summed E-state index contributed by atoms with van der Waals surface area (Å²) in [6.45, 7) is 4.23. The van der Waals surface area contributed by atoms with Gasteiger partial charge < -0.3 is 25.2 Å². The van der Waals surface area contributed by atoms with Crippen LogP contribution in [-0.2, 0) is 4.79 Å². The Morgan fingerprint density at radius 1 is 1.33 bits per heavy atom. The Kier molecular flexibility index (Phi) is 6.61. The van der Waals surface area contributed by atoms with Crippen molar-refractivity contribution in [1.29, 1.82) is 0 Å². The van der Waals surface area contributed by atoms with Gasteiger partial charge in [-0.2, -0.15) is 0 Å². The van der Waals surface area contributed by atoms with E-state index in [1.54, 1.807) is 0 Å². The molecule has 0 aromatic rings. The number of aliphatic hydroxyl groups is 3. The molecular weight excluding hydrogens is 308 g/mol. The topological polar surface area (TPSA) is 101 Å². The summed E-state index contributed by atoms with van der Waals surface area (Å²) in [5.41, 5.74) is 1.19. The molecule has 0 saturated heterocycles. The molecule has 136 valence electrons. The standard InChI is InChI=1S/C19H30O5/c1-11-7-13-4-3-12(2)16(19(13)17(22)8-11)6-5-14(20)9-15(21)10-18(23)24/h3-4,7,11-12,14-17,19-22H,5-6,8-10H2,1-2H3,(H,23,24)/p-1/t11-,12-,14+,15+,16-,17-,19-/m0/s1. The largest absolute Gasteiger partial charge is 0.550 e. The Balaban J connectivity index is 1.94. The molecule has 0 spiro atoms. The van der Waals surface area contributed by atoms with Crippen LogP contribution in [0.5, 0.6) is 0 Å². The number of carboxylic acid groups (broad SMARTS) is 1. The molecule has 0 heterocycles. The van der Waals surface area contributed by atoms with Crippen LogP contribution < -0.4 is 5.11 Å². The van der Waals surface area contributed by atoms with Crippen LogP contribution in [0, 0.1) is 23.7 Å². The van der Waals surface area contributed by atoms with Crippen LogP contribution in [-0.4, -0.2) is 39.6 Å². The summed E-state index contributed by atoms with van der Waals surface area (Å²) in [5.74, 6) is -0.279. The van der Waals surface area contributed by atoms with Gasteiger partial charge in [0.05, 0.1) is 18.3 Å². The van der Waals surface area contributed by atoms with E-state index in [0.29, 0.717) is 18.3 Å². The zero-order valence-electron chi connectivity index (χ0n) is 14.5. The third kappa shape index (κ3) is 4.91. The first kappa shape index (κ1) is 19.2. The summed E-state index contributed by atoms with van der Waals surface area (Å²) in [4.78, 5) is 10.5. The smallest absolute Gasteiger partial charge is 0.0617 e. The minimum absolute atomic E-state index is 0.0396. The van der Waals surface area contributed by atoms with Crippen LogP contribution in [0.4, 0.5) is 0 Å². The summed E-state index contributed by atoms with van der Waals surface area (Å²) in [7, 11) is 0. The number of hydrogen-bond donors (Lipinski definition) is 3. The Bertz CT molecular complexity index is 498. The van der Waals surface area contributed by atoms with Crippen LogP contribution in [0.1, 0.15) is 46.0 Å². The SMILES string of the molecule is C[C@H]1C=C2C=C[C@H](C)[C@H](CC[C@@H](O)C[C@@H](O)CC(=O)[O-])[C@H]2[C@@H](O)C1. The maximum absolute atomic E-state index is 10.5. The molecule has 5 heteroatoms. The van der Waals surface area contributed by atoms with Crippen molar-refractivity contribution >= 4 is 5.97 Å². The van der Waals surface area contributed by atoms with Crippen molar-refractivity contribution in [2.24, 2.45) is 23.7 Å². The van der Waals surface area contributed by atoms with Crippen molar-refractivity contribution < 1.29 is 25.2 Å². The Hall–Kier alpha value is -1.17. The number of allylic oxidation sites excluding steroid dienone is 3. The van der Waals surface area contributed by atoms with Gasteiger partial charge in [-0.25, -0.2) is 0 Å². The highest BCUT2D eigenvalue weighted by Crippen LogP contribution is 2.43. The van der Waals surface area contributed by atoms with E-state index >= 15 is 0 Å². The lowest BCUT2D eigenvalue weighted by molar-refractivity contribution is -0.307. The summed E-state index contributed by atoms with van der Waals surface area (Å²) in [6, 6.07) is 0. The van der Waals surface area contributed by atoms with Gasteiger partial charge in [0.25, 0.3) is 0 Å². The fourth-order valence-electron chi connectivity index (χ4n) is 4.22. The van der Waals surface area contributed by atoms with Crippen molar-refractivity contribution in [2.75, 3.05) is 0 Å². The number of aliphatic hydroxyl groups excluding tert-OH is 3.